The summed E-state index contributed by atoms with van der Waals surface area (Å²) in [4.78, 5) is 22.8. The summed E-state index contributed by atoms with van der Waals surface area (Å²) in [6, 6.07) is 6.87. The van der Waals surface area contributed by atoms with Gasteiger partial charge in [-0.25, -0.2) is 13.6 Å². The van der Waals surface area contributed by atoms with Crippen LogP contribution in [0.5, 0.6) is 0 Å². The molecule has 0 bridgehead atoms. The Morgan fingerprint density at radius 1 is 1.16 bits per heavy atom. The Hall–Kier alpha value is -2.78. The number of nitrogens with two attached hydrogens (primary N) is 1. The number of hydrogen-bond donors (Lipinski definition) is 2. The first-order chi connectivity index (χ1) is 11.5. The van der Waals surface area contributed by atoms with E-state index in [1.807, 2.05) is 0 Å². The fraction of sp³-hybridized carbons (Fsp3) is 0.188. The van der Waals surface area contributed by atoms with E-state index in [-0.39, 0.29) is 27.4 Å². The highest BCUT2D eigenvalue weighted by Crippen LogP contribution is 2.26. The molecule has 0 saturated heterocycles. The predicted octanol–water partition coefficient (Wildman–Crippen LogP) is 2.42. The highest BCUT2D eigenvalue weighted by atomic mass is 32.2. The number of nitro groups is 1. The number of hydrogen-bond acceptors (Lipinski definition) is 5. The van der Waals surface area contributed by atoms with Crippen LogP contribution in [-0.4, -0.2) is 19.2 Å². The normalized spacial score (nSPS) is 11.2. The molecular formula is C16H17N3O5S. The van der Waals surface area contributed by atoms with E-state index in [1.54, 1.807) is 13.8 Å². The molecule has 3 N–H and O–H groups in total. The molecule has 0 aliphatic rings. The SMILES string of the molecule is Cc1cc(S(N)(=O)=O)cc(NC(=O)c2cccc([N+](=O)[O-])c2C)c1C. The minimum Gasteiger partial charge on any atom is -0.322 e. The lowest BCUT2D eigenvalue weighted by atomic mass is 10.0. The Labute approximate surface area is 144 Å². The quantitative estimate of drug-likeness (QED) is 0.636. The van der Waals surface area contributed by atoms with Crippen LogP contribution in [0.25, 0.3) is 0 Å². The van der Waals surface area contributed by atoms with Gasteiger partial charge in [0, 0.05) is 22.9 Å². The molecule has 9 heteroatoms. The highest BCUT2D eigenvalue weighted by molar-refractivity contribution is 7.89. The molecule has 8 nitrogen and oxygen atoms in total. The molecule has 132 valence electrons. The molecule has 0 aliphatic heterocycles. The van der Waals surface area contributed by atoms with Crippen LogP contribution in [0.1, 0.15) is 27.0 Å². The Bertz CT molecular complexity index is 984. The molecule has 0 aromatic heterocycles. The van der Waals surface area contributed by atoms with Crippen LogP contribution in [-0.2, 0) is 10.0 Å². The third kappa shape index (κ3) is 3.83. The summed E-state index contributed by atoms with van der Waals surface area (Å²) >= 11 is 0. The lowest BCUT2D eigenvalue weighted by molar-refractivity contribution is -0.385. The van der Waals surface area contributed by atoms with Crippen molar-refractivity contribution < 1.29 is 18.1 Å². The average Bonchev–Trinajstić information content (AvgIpc) is 2.50. The van der Waals surface area contributed by atoms with E-state index >= 15 is 0 Å². The predicted molar refractivity (Wildman–Crippen MR) is 93.1 cm³/mol. The van der Waals surface area contributed by atoms with Crippen LogP contribution < -0.4 is 10.5 Å². The van der Waals surface area contributed by atoms with Gasteiger partial charge in [0.25, 0.3) is 11.6 Å². The van der Waals surface area contributed by atoms with Crippen LogP contribution in [0, 0.1) is 30.9 Å². The molecule has 1 amide bonds. The molecule has 2 aromatic rings. The van der Waals surface area contributed by atoms with Crippen molar-refractivity contribution in [2.45, 2.75) is 25.7 Å². The number of aryl methyl sites for hydroxylation is 1. The maximum absolute atomic E-state index is 12.5. The van der Waals surface area contributed by atoms with Gasteiger partial charge < -0.3 is 5.32 Å². The number of nitro benzene ring substituents is 1. The number of amides is 1. The fourth-order valence-electron chi connectivity index (χ4n) is 2.38. The molecule has 2 aromatic carbocycles. The number of benzene rings is 2. The third-order valence-electron chi connectivity index (χ3n) is 3.96. The van der Waals surface area contributed by atoms with E-state index in [1.165, 1.54) is 37.3 Å². The summed E-state index contributed by atoms with van der Waals surface area (Å²) in [5.74, 6) is -0.574. The number of carbonyl (C=O) groups is 1. The van der Waals surface area contributed by atoms with Gasteiger partial charge in [0.2, 0.25) is 10.0 Å². The van der Waals surface area contributed by atoms with Crippen molar-refractivity contribution in [3.8, 4) is 0 Å². The van der Waals surface area contributed by atoms with Crippen molar-refractivity contribution in [1.29, 1.82) is 0 Å². The summed E-state index contributed by atoms with van der Waals surface area (Å²) < 4.78 is 23.1. The molecule has 0 fully saturated rings. The zero-order chi connectivity index (χ0) is 18.9. The Morgan fingerprint density at radius 3 is 2.36 bits per heavy atom. The largest absolute Gasteiger partial charge is 0.322 e. The summed E-state index contributed by atoms with van der Waals surface area (Å²) in [5.41, 5.74) is 1.77. The van der Waals surface area contributed by atoms with Gasteiger partial charge in [0.1, 0.15) is 0 Å². The number of sulfonamides is 1. The Morgan fingerprint density at radius 2 is 1.80 bits per heavy atom. The van der Waals surface area contributed by atoms with Crippen molar-refractivity contribution in [3.63, 3.8) is 0 Å². The van der Waals surface area contributed by atoms with E-state index in [0.717, 1.165) is 0 Å². The number of primary sulfonamides is 1. The molecule has 0 spiro atoms. The third-order valence-corrected chi connectivity index (χ3v) is 4.86. The van der Waals surface area contributed by atoms with Gasteiger partial charge in [0.05, 0.1) is 9.82 Å². The zero-order valence-electron chi connectivity index (χ0n) is 13.9. The van der Waals surface area contributed by atoms with E-state index in [2.05, 4.69) is 5.32 Å². The lowest BCUT2D eigenvalue weighted by Gasteiger charge is -2.13. The summed E-state index contributed by atoms with van der Waals surface area (Å²) in [7, 11) is -3.93. The molecule has 2 rings (SSSR count). The second-order valence-corrected chi connectivity index (χ2v) is 7.18. The molecule has 25 heavy (non-hydrogen) atoms. The van der Waals surface area contributed by atoms with Crippen molar-refractivity contribution in [1.82, 2.24) is 0 Å². The lowest BCUT2D eigenvalue weighted by Crippen LogP contribution is -2.17. The highest BCUT2D eigenvalue weighted by Gasteiger charge is 2.20. The average molecular weight is 363 g/mol. The van der Waals surface area contributed by atoms with E-state index in [4.69, 9.17) is 5.14 Å². The van der Waals surface area contributed by atoms with Gasteiger partial charge in [0.15, 0.2) is 0 Å². The second kappa shape index (κ2) is 6.61. The Kier molecular flexibility index (Phi) is 4.91. The van der Waals surface area contributed by atoms with Gasteiger partial charge in [-0.1, -0.05) is 6.07 Å². The summed E-state index contributed by atoms with van der Waals surface area (Å²) in [5, 5.41) is 18.8. The van der Waals surface area contributed by atoms with E-state index in [9.17, 15) is 23.3 Å². The Balaban J connectivity index is 2.47. The number of anilines is 1. The van der Waals surface area contributed by atoms with Crippen LogP contribution in [0.3, 0.4) is 0 Å². The number of nitrogens with one attached hydrogen (secondary N) is 1. The van der Waals surface area contributed by atoms with Crippen LogP contribution in [0.15, 0.2) is 35.2 Å². The van der Waals surface area contributed by atoms with Gasteiger partial charge >= 0.3 is 0 Å². The van der Waals surface area contributed by atoms with Crippen molar-refractivity contribution >= 4 is 27.3 Å². The molecule has 0 aliphatic carbocycles. The maximum atomic E-state index is 12.5. The first-order valence-electron chi connectivity index (χ1n) is 7.21. The first-order valence-corrected chi connectivity index (χ1v) is 8.76. The van der Waals surface area contributed by atoms with Gasteiger partial charge in [-0.05, 0) is 50.1 Å². The molecule has 0 heterocycles. The topological polar surface area (TPSA) is 132 Å². The zero-order valence-corrected chi connectivity index (χ0v) is 14.7. The summed E-state index contributed by atoms with van der Waals surface area (Å²) in [6.07, 6.45) is 0. The van der Waals surface area contributed by atoms with Crippen molar-refractivity contribution in [2.75, 3.05) is 5.32 Å². The van der Waals surface area contributed by atoms with Gasteiger partial charge in [-0.2, -0.15) is 0 Å². The number of carbonyl (C=O) groups excluding carboxylic acids is 1. The van der Waals surface area contributed by atoms with E-state index in [0.29, 0.717) is 11.1 Å². The van der Waals surface area contributed by atoms with Gasteiger partial charge in [-0.3, -0.25) is 14.9 Å². The molecule has 0 unspecified atom stereocenters. The molecule has 0 radical (unpaired) electrons. The van der Waals surface area contributed by atoms with Crippen LogP contribution in [0.4, 0.5) is 11.4 Å². The van der Waals surface area contributed by atoms with Crippen LogP contribution >= 0.6 is 0 Å². The first kappa shape index (κ1) is 18.6. The molecular weight excluding hydrogens is 346 g/mol. The van der Waals surface area contributed by atoms with Crippen molar-refractivity contribution in [2.24, 2.45) is 5.14 Å². The monoisotopic (exact) mass is 363 g/mol. The minimum atomic E-state index is -3.93. The van der Waals surface area contributed by atoms with E-state index < -0.39 is 20.9 Å². The smallest absolute Gasteiger partial charge is 0.273 e. The van der Waals surface area contributed by atoms with Crippen molar-refractivity contribution in [3.05, 3.63) is 62.7 Å². The van der Waals surface area contributed by atoms with Gasteiger partial charge in [-0.15, -0.1) is 0 Å². The summed E-state index contributed by atoms with van der Waals surface area (Å²) in [6.45, 7) is 4.89. The maximum Gasteiger partial charge on any atom is 0.273 e. The number of rotatable bonds is 4. The second-order valence-electron chi connectivity index (χ2n) is 5.62. The molecule has 0 atom stereocenters. The minimum absolute atomic E-state index is 0.123. The standard InChI is InChI=1S/C16H17N3O5S/c1-9-7-12(25(17,23)24)8-14(10(9)2)18-16(20)13-5-4-6-15(11(13)3)19(21)22/h4-8H,1-3H3,(H,18,20)(H2,17,23,24). The fourth-order valence-corrected chi connectivity index (χ4v) is 3.00. The molecule has 0 saturated carbocycles. The number of nitrogens with zero attached hydrogens (tertiary/aromatic N) is 1. The van der Waals surface area contributed by atoms with Crippen LogP contribution in [0.2, 0.25) is 0 Å².